The molecule has 2 heterocycles. The number of nitrogen functional groups attached to an aromatic ring is 1. The number of likely N-dealkylation sites (tertiary alicyclic amines) is 1. The Hall–Kier alpha value is -3.38. The van der Waals surface area contributed by atoms with Gasteiger partial charge in [-0.3, -0.25) is 19.2 Å². The van der Waals surface area contributed by atoms with Crippen LogP contribution in [0.4, 0.5) is 5.69 Å². The molecule has 2 saturated heterocycles. The number of primary amides is 1. The number of nitrogens with one attached hydrogen (secondary N) is 1. The zero-order valence-electron chi connectivity index (χ0n) is 21.7. The summed E-state index contributed by atoms with van der Waals surface area (Å²) in [7, 11) is 0. The van der Waals surface area contributed by atoms with E-state index in [0.29, 0.717) is 12.1 Å². The van der Waals surface area contributed by atoms with Crippen LogP contribution in [-0.4, -0.2) is 71.7 Å². The number of ether oxygens (including phenoxy) is 3. The molecular weight excluding hydrogens is 520 g/mol. The minimum Gasteiger partial charge on any atom is -0.453 e. The number of anilines is 1. The molecule has 0 radical (unpaired) electrons. The number of cyclic esters (lactones) is 1. The maximum Gasteiger partial charge on any atom is 0.331 e. The normalized spacial score (nSPS) is 24.0. The first kappa shape index (κ1) is 29.2. The number of nitrogens with two attached hydrogens (primary N) is 2. The van der Waals surface area contributed by atoms with Gasteiger partial charge in [-0.1, -0.05) is 32.4 Å². The molecule has 1 aromatic rings. The van der Waals surface area contributed by atoms with E-state index in [1.165, 1.54) is 23.1 Å². The molecule has 3 amide bonds. The molecule has 3 rings (SSSR count). The van der Waals surface area contributed by atoms with E-state index >= 15 is 0 Å². The van der Waals surface area contributed by atoms with Crippen molar-refractivity contribution in [3.8, 4) is 0 Å². The van der Waals surface area contributed by atoms with E-state index in [0.717, 1.165) is 0 Å². The molecule has 0 aliphatic carbocycles. The van der Waals surface area contributed by atoms with Gasteiger partial charge in [-0.25, -0.2) is 4.79 Å². The summed E-state index contributed by atoms with van der Waals surface area (Å²) in [5.74, 6) is -6.03. The van der Waals surface area contributed by atoms with E-state index in [9.17, 15) is 24.0 Å². The topological polar surface area (TPSA) is 180 Å². The maximum absolute atomic E-state index is 13.7. The van der Waals surface area contributed by atoms with Crippen LogP contribution in [0.5, 0.6) is 0 Å². The van der Waals surface area contributed by atoms with Crippen LogP contribution in [0, 0.1) is 5.41 Å². The molecule has 38 heavy (non-hydrogen) atoms. The van der Waals surface area contributed by atoms with Crippen molar-refractivity contribution in [1.29, 1.82) is 0 Å². The average molecular weight is 553 g/mol. The molecule has 13 heteroatoms. The van der Waals surface area contributed by atoms with Gasteiger partial charge in [0.05, 0.1) is 17.1 Å². The fourth-order valence-corrected chi connectivity index (χ4v) is 4.67. The van der Waals surface area contributed by atoms with Gasteiger partial charge < -0.3 is 35.9 Å². The number of esters is 2. The predicted octanol–water partition coefficient (Wildman–Crippen LogP) is 1.13. The summed E-state index contributed by atoms with van der Waals surface area (Å²) in [5, 5.41) is 2.95. The minimum atomic E-state index is -2.24. The third-order valence-electron chi connectivity index (χ3n) is 6.46. The van der Waals surface area contributed by atoms with E-state index in [4.69, 9.17) is 37.3 Å². The Bertz CT molecular complexity index is 1140. The van der Waals surface area contributed by atoms with E-state index in [2.05, 4.69) is 5.32 Å². The Labute approximate surface area is 225 Å². The van der Waals surface area contributed by atoms with Crippen LogP contribution in [0.15, 0.2) is 18.2 Å². The molecule has 2 fully saturated rings. The lowest BCUT2D eigenvalue weighted by Crippen LogP contribution is -2.58. The molecule has 0 spiro atoms. The highest BCUT2D eigenvalue weighted by molar-refractivity contribution is 6.33. The van der Waals surface area contributed by atoms with Crippen molar-refractivity contribution in [2.24, 2.45) is 11.1 Å². The summed E-state index contributed by atoms with van der Waals surface area (Å²) in [6.45, 7) is 7.10. The molecule has 2 aliphatic rings. The van der Waals surface area contributed by atoms with Gasteiger partial charge in [0.2, 0.25) is 5.91 Å². The van der Waals surface area contributed by atoms with Crippen LogP contribution in [0.25, 0.3) is 0 Å². The highest BCUT2D eigenvalue weighted by atomic mass is 35.5. The number of hydrogen-bond acceptors (Lipinski definition) is 9. The van der Waals surface area contributed by atoms with Crippen molar-refractivity contribution in [3.63, 3.8) is 0 Å². The largest absolute Gasteiger partial charge is 0.453 e. The zero-order valence-corrected chi connectivity index (χ0v) is 22.5. The van der Waals surface area contributed by atoms with Crippen LogP contribution in [0.1, 0.15) is 57.3 Å². The number of rotatable bonds is 8. The summed E-state index contributed by atoms with van der Waals surface area (Å²) in [6.07, 6.45) is -1.06. The Kier molecular flexibility index (Phi) is 8.57. The Morgan fingerprint density at radius 2 is 1.97 bits per heavy atom. The minimum absolute atomic E-state index is 0.0372. The molecular formula is C25H33ClN4O8. The summed E-state index contributed by atoms with van der Waals surface area (Å²) in [5.41, 5.74) is 10.9. The first-order valence-corrected chi connectivity index (χ1v) is 12.6. The summed E-state index contributed by atoms with van der Waals surface area (Å²) in [6, 6.07) is 2.36. The summed E-state index contributed by atoms with van der Waals surface area (Å²) >= 11 is 6.04. The van der Waals surface area contributed by atoms with Gasteiger partial charge in [0.25, 0.3) is 11.8 Å². The number of carbonyl (C=O) groups is 5. The Morgan fingerprint density at radius 3 is 2.55 bits per heavy atom. The lowest BCUT2D eigenvalue weighted by molar-refractivity contribution is -0.238. The average Bonchev–Trinajstić information content (AvgIpc) is 3.43. The molecule has 4 unspecified atom stereocenters. The molecule has 0 aromatic heterocycles. The first-order chi connectivity index (χ1) is 17.7. The van der Waals surface area contributed by atoms with Crippen LogP contribution in [0.2, 0.25) is 5.02 Å². The quantitative estimate of drug-likeness (QED) is 0.314. The number of nitrogens with zero attached hydrogens (tertiary/aromatic N) is 1. The number of carbonyl (C=O) groups excluding carboxylic acids is 5. The van der Waals surface area contributed by atoms with Gasteiger partial charge in [-0.05, 0) is 43.4 Å². The first-order valence-electron chi connectivity index (χ1n) is 12.2. The van der Waals surface area contributed by atoms with E-state index in [1.807, 2.05) is 0 Å². The van der Waals surface area contributed by atoms with Gasteiger partial charge in [0.15, 0.2) is 6.10 Å². The monoisotopic (exact) mass is 552 g/mol. The molecule has 5 N–H and O–H groups in total. The van der Waals surface area contributed by atoms with E-state index < -0.39 is 65.5 Å². The fourth-order valence-electron chi connectivity index (χ4n) is 4.49. The van der Waals surface area contributed by atoms with Crippen molar-refractivity contribution in [2.75, 3.05) is 18.9 Å². The van der Waals surface area contributed by atoms with E-state index in [-0.39, 0.29) is 30.2 Å². The van der Waals surface area contributed by atoms with Crippen LogP contribution < -0.4 is 16.8 Å². The molecule has 0 saturated carbocycles. The molecule has 2 aliphatic heterocycles. The number of hydrogen-bond donors (Lipinski definition) is 3. The van der Waals surface area contributed by atoms with Gasteiger partial charge in [-0.15, -0.1) is 0 Å². The van der Waals surface area contributed by atoms with Crippen molar-refractivity contribution < 1.29 is 38.2 Å². The van der Waals surface area contributed by atoms with Gasteiger partial charge in [0, 0.05) is 18.7 Å². The number of benzene rings is 1. The van der Waals surface area contributed by atoms with Crippen molar-refractivity contribution in [1.82, 2.24) is 10.2 Å². The van der Waals surface area contributed by atoms with Gasteiger partial charge >= 0.3 is 17.7 Å². The number of halogens is 1. The Morgan fingerprint density at radius 1 is 1.29 bits per heavy atom. The highest BCUT2D eigenvalue weighted by Crippen LogP contribution is 2.33. The zero-order chi connectivity index (χ0) is 28.4. The Balaban J connectivity index is 1.80. The smallest absolute Gasteiger partial charge is 0.331 e. The van der Waals surface area contributed by atoms with Gasteiger partial charge in [-0.2, -0.15) is 0 Å². The summed E-state index contributed by atoms with van der Waals surface area (Å²) in [4.78, 5) is 65.3. The fraction of sp³-hybridized carbons (Fsp3) is 0.560. The van der Waals surface area contributed by atoms with Crippen molar-refractivity contribution in [3.05, 3.63) is 28.8 Å². The summed E-state index contributed by atoms with van der Waals surface area (Å²) < 4.78 is 15.8. The molecule has 4 atom stereocenters. The third kappa shape index (κ3) is 5.86. The SMILES string of the molecule is CCOC1(C(N)=O)OC(=O)CC1OC(=O)C1CCCN1C(=O)C(NC(=O)c1ccc(N)c(Cl)c1)C(C)(C)C. The van der Waals surface area contributed by atoms with Crippen molar-refractivity contribution in [2.45, 2.75) is 70.9 Å². The second kappa shape index (κ2) is 11.2. The third-order valence-corrected chi connectivity index (χ3v) is 6.79. The maximum atomic E-state index is 13.7. The predicted molar refractivity (Wildman–Crippen MR) is 135 cm³/mol. The number of amides is 3. The lowest BCUT2D eigenvalue weighted by atomic mass is 9.85. The molecule has 0 bridgehead atoms. The molecule has 12 nitrogen and oxygen atoms in total. The van der Waals surface area contributed by atoms with E-state index in [1.54, 1.807) is 27.7 Å². The van der Waals surface area contributed by atoms with Crippen LogP contribution in [-0.2, 0) is 33.4 Å². The second-order valence-electron chi connectivity index (χ2n) is 10.3. The second-order valence-corrected chi connectivity index (χ2v) is 10.7. The lowest BCUT2D eigenvalue weighted by Gasteiger charge is -2.36. The van der Waals surface area contributed by atoms with Crippen LogP contribution >= 0.6 is 11.6 Å². The molecule has 1 aromatic carbocycles. The van der Waals surface area contributed by atoms with Crippen LogP contribution in [0.3, 0.4) is 0 Å². The highest BCUT2D eigenvalue weighted by Gasteiger charge is 2.59. The standard InChI is InChI=1S/C25H33ClN4O8/c1-5-36-25(23(28)35)17(12-18(31)38-25)37-22(34)16-7-6-10-30(16)21(33)19(24(2,3)4)29-20(32)13-8-9-15(27)14(26)11-13/h8-9,11,16-17,19H,5-7,10,12,27H2,1-4H3,(H2,28,35)(H,29,32). The van der Waals surface area contributed by atoms with Gasteiger partial charge in [0.1, 0.15) is 12.1 Å². The van der Waals surface area contributed by atoms with Crippen molar-refractivity contribution >= 4 is 46.9 Å². The molecule has 208 valence electrons.